The smallest absolute Gasteiger partial charge is 0.163 e. The quantitative estimate of drug-likeness (QED) is 0.756. The van der Waals surface area contributed by atoms with Gasteiger partial charge in [-0.3, -0.25) is 4.79 Å². The molecule has 0 aliphatic carbocycles. The van der Waals surface area contributed by atoms with Crippen LogP contribution in [0.5, 0.6) is 0 Å². The Morgan fingerprint density at radius 2 is 2.27 bits per heavy atom. The van der Waals surface area contributed by atoms with Crippen molar-refractivity contribution in [3.05, 3.63) is 35.7 Å². The van der Waals surface area contributed by atoms with E-state index in [2.05, 4.69) is 5.10 Å². The van der Waals surface area contributed by atoms with Crippen LogP contribution >= 0.6 is 0 Å². The van der Waals surface area contributed by atoms with E-state index in [9.17, 15) is 9.90 Å². The van der Waals surface area contributed by atoms with Crippen molar-refractivity contribution in [1.29, 1.82) is 0 Å². The summed E-state index contributed by atoms with van der Waals surface area (Å²) in [5.74, 6) is -0.0768. The monoisotopic (exact) mass is 204 g/mol. The van der Waals surface area contributed by atoms with E-state index < -0.39 is 6.10 Å². The van der Waals surface area contributed by atoms with Gasteiger partial charge in [0, 0.05) is 6.20 Å². The number of nitrogens with zero attached hydrogens (tertiary/aromatic N) is 2. The second-order valence-electron chi connectivity index (χ2n) is 3.52. The van der Waals surface area contributed by atoms with Crippen LogP contribution in [0.1, 0.15) is 36.0 Å². The van der Waals surface area contributed by atoms with Crippen LogP contribution in [0.4, 0.5) is 0 Å². The number of carbonyl (C=O) groups is 1. The fraction of sp³-hybridized carbons (Fsp3) is 0.273. The largest absolute Gasteiger partial charge is 0.387 e. The molecular formula is C11H12N2O2. The third kappa shape index (κ3) is 1.53. The van der Waals surface area contributed by atoms with E-state index in [0.717, 1.165) is 5.52 Å². The van der Waals surface area contributed by atoms with Crippen molar-refractivity contribution in [3.8, 4) is 0 Å². The summed E-state index contributed by atoms with van der Waals surface area (Å²) in [6, 6.07) is 5.49. The molecule has 0 bridgehead atoms. The second kappa shape index (κ2) is 3.47. The first-order chi connectivity index (χ1) is 7.11. The summed E-state index contributed by atoms with van der Waals surface area (Å²) < 4.78 is 1.61. The standard InChI is InChI=1S/C11H12N2O2/c1-7(14)10-9-5-3-4-6-13(9)12-11(10)8(2)15/h3-6,8,15H,1-2H3/t8-/m0/s1. The summed E-state index contributed by atoms with van der Waals surface area (Å²) in [7, 11) is 0. The van der Waals surface area contributed by atoms with Gasteiger partial charge in [-0.1, -0.05) is 6.07 Å². The number of fused-ring (bicyclic) bond motifs is 1. The number of aromatic nitrogens is 2. The molecule has 78 valence electrons. The molecule has 0 aromatic carbocycles. The van der Waals surface area contributed by atoms with Crippen molar-refractivity contribution < 1.29 is 9.90 Å². The van der Waals surface area contributed by atoms with E-state index in [1.54, 1.807) is 17.6 Å². The average Bonchev–Trinajstić information content (AvgIpc) is 2.56. The van der Waals surface area contributed by atoms with Crippen molar-refractivity contribution in [1.82, 2.24) is 9.61 Å². The summed E-state index contributed by atoms with van der Waals surface area (Å²) in [5.41, 5.74) is 1.68. The zero-order valence-corrected chi connectivity index (χ0v) is 8.64. The van der Waals surface area contributed by atoms with Crippen molar-refractivity contribution in [2.75, 3.05) is 0 Å². The number of aliphatic hydroxyl groups excluding tert-OH is 1. The normalized spacial score (nSPS) is 13.0. The molecule has 0 spiro atoms. The molecule has 2 aromatic heterocycles. The number of ketones is 1. The lowest BCUT2D eigenvalue weighted by Crippen LogP contribution is -2.00. The van der Waals surface area contributed by atoms with E-state index in [1.807, 2.05) is 18.2 Å². The Kier molecular flexibility index (Phi) is 2.28. The van der Waals surface area contributed by atoms with Crippen LogP contribution in [0.15, 0.2) is 24.4 Å². The Hall–Kier alpha value is -1.68. The molecular weight excluding hydrogens is 192 g/mol. The van der Waals surface area contributed by atoms with Crippen LogP contribution in [-0.2, 0) is 0 Å². The molecule has 4 nitrogen and oxygen atoms in total. The highest BCUT2D eigenvalue weighted by Crippen LogP contribution is 2.21. The summed E-state index contributed by atoms with van der Waals surface area (Å²) in [6.45, 7) is 3.09. The Morgan fingerprint density at radius 1 is 1.53 bits per heavy atom. The zero-order valence-electron chi connectivity index (χ0n) is 8.64. The number of aliphatic hydroxyl groups is 1. The van der Waals surface area contributed by atoms with Gasteiger partial charge >= 0.3 is 0 Å². The Morgan fingerprint density at radius 3 is 2.87 bits per heavy atom. The van der Waals surface area contributed by atoms with Gasteiger partial charge in [0.15, 0.2) is 5.78 Å². The molecule has 2 heterocycles. The van der Waals surface area contributed by atoms with Gasteiger partial charge < -0.3 is 5.11 Å². The summed E-state index contributed by atoms with van der Waals surface area (Å²) in [4.78, 5) is 11.5. The highest BCUT2D eigenvalue weighted by Gasteiger charge is 2.19. The molecule has 0 saturated heterocycles. The van der Waals surface area contributed by atoms with Crippen LogP contribution in [0.25, 0.3) is 5.52 Å². The Balaban J connectivity index is 2.80. The zero-order chi connectivity index (χ0) is 11.0. The van der Waals surface area contributed by atoms with Gasteiger partial charge in [-0.25, -0.2) is 4.52 Å². The van der Waals surface area contributed by atoms with E-state index in [-0.39, 0.29) is 5.78 Å². The predicted molar refractivity (Wildman–Crippen MR) is 55.8 cm³/mol. The molecule has 0 unspecified atom stereocenters. The fourth-order valence-corrected chi connectivity index (χ4v) is 1.67. The molecule has 1 atom stereocenters. The third-order valence-electron chi connectivity index (χ3n) is 2.31. The molecule has 15 heavy (non-hydrogen) atoms. The van der Waals surface area contributed by atoms with Gasteiger partial charge in [-0.15, -0.1) is 0 Å². The molecule has 0 saturated carbocycles. The molecule has 0 radical (unpaired) electrons. The van der Waals surface area contributed by atoms with Crippen LogP contribution in [0.3, 0.4) is 0 Å². The number of hydrogen-bond donors (Lipinski definition) is 1. The van der Waals surface area contributed by atoms with E-state index in [0.29, 0.717) is 11.3 Å². The average molecular weight is 204 g/mol. The van der Waals surface area contributed by atoms with Gasteiger partial charge in [0.05, 0.1) is 17.2 Å². The first kappa shape index (κ1) is 9.86. The summed E-state index contributed by atoms with van der Waals surface area (Å²) in [6.07, 6.45) is 1.02. The molecule has 2 rings (SSSR count). The number of carbonyl (C=O) groups excluding carboxylic acids is 1. The fourth-order valence-electron chi connectivity index (χ4n) is 1.67. The Bertz CT molecular complexity index is 514. The molecule has 0 amide bonds. The first-order valence-corrected chi connectivity index (χ1v) is 4.77. The van der Waals surface area contributed by atoms with Gasteiger partial charge in [-0.2, -0.15) is 5.10 Å². The molecule has 4 heteroatoms. The molecule has 0 aliphatic rings. The van der Waals surface area contributed by atoms with E-state index >= 15 is 0 Å². The van der Waals surface area contributed by atoms with Gasteiger partial charge in [0.2, 0.25) is 0 Å². The van der Waals surface area contributed by atoms with Crippen molar-refractivity contribution in [2.45, 2.75) is 20.0 Å². The lowest BCUT2D eigenvalue weighted by atomic mass is 10.1. The van der Waals surface area contributed by atoms with E-state index in [1.165, 1.54) is 6.92 Å². The number of Topliss-reactive ketones (excluding diaryl/α,β-unsaturated/α-hetero) is 1. The van der Waals surface area contributed by atoms with Gasteiger partial charge in [0.25, 0.3) is 0 Å². The van der Waals surface area contributed by atoms with Crippen molar-refractivity contribution >= 4 is 11.3 Å². The highest BCUT2D eigenvalue weighted by molar-refractivity contribution is 6.02. The van der Waals surface area contributed by atoms with Crippen LogP contribution in [0, 0.1) is 0 Å². The maximum absolute atomic E-state index is 11.5. The minimum absolute atomic E-state index is 0.0768. The topological polar surface area (TPSA) is 54.6 Å². The summed E-state index contributed by atoms with van der Waals surface area (Å²) in [5, 5.41) is 13.7. The number of rotatable bonds is 2. The van der Waals surface area contributed by atoms with E-state index in [4.69, 9.17) is 0 Å². The third-order valence-corrected chi connectivity index (χ3v) is 2.31. The lowest BCUT2D eigenvalue weighted by Gasteiger charge is -2.00. The van der Waals surface area contributed by atoms with Crippen LogP contribution in [0.2, 0.25) is 0 Å². The van der Waals surface area contributed by atoms with Gasteiger partial charge in [-0.05, 0) is 26.0 Å². The number of hydrogen-bond acceptors (Lipinski definition) is 3. The maximum Gasteiger partial charge on any atom is 0.163 e. The number of pyridine rings is 1. The first-order valence-electron chi connectivity index (χ1n) is 4.77. The minimum atomic E-state index is -0.733. The molecule has 1 N–H and O–H groups in total. The molecule has 0 aliphatic heterocycles. The molecule has 2 aromatic rings. The predicted octanol–water partition coefficient (Wildman–Crippen LogP) is 1.59. The van der Waals surface area contributed by atoms with Crippen molar-refractivity contribution in [3.63, 3.8) is 0 Å². The second-order valence-corrected chi connectivity index (χ2v) is 3.52. The highest BCUT2D eigenvalue weighted by atomic mass is 16.3. The van der Waals surface area contributed by atoms with Crippen molar-refractivity contribution in [2.24, 2.45) is 0 Å². The van der Waals surface area contributed by atoms with Crippen LogP contribution in [-0.4, -0.2) is 20.5 Å². The Labute approximate surface area is 87.2 Å². The lowest BCUT2D eigenvalue weighted by molar-refractivity contribution is 0.101. The minimum Gasteiger partial charge on any atom is -0.387 e. The SMILES string of the molecule is CC(=O)c1c([C@H](C)O)nn2ccccc12. The molecule has 0 fully saturated rings. The van der Waals surface area contributed by atoms with Gasteiger partial charge in [0.1, 0.15) is 5.69 Å². The van der Waals surface area contributed by atoms with Crippen LogP contribution < -0.4 is 0 Å². The summed E-state index contributed by atoms with van der Waals surface area (Å²) >= 11 is 0. The maximum atomic E-state index is 11.5.